The van der Waals surface area contributed by atoms with Crippen LogP contribution in [0.15, 0.2) is 35.1 Å². The van der Waals surface area contributed by atoms with Gasteiger partial charge in [0.25, 0.3) is 0 Å². The van der Waals surface area contributed by atoms with E-state index in [-0.39, 0.29) is 17.8 Å². The number of hydrogen-bond acceptors (Lipinski definition) is 4. The van der Waals surface area contributed by atoms with E-state index in [4.69, 9.17) is 11.6 Å². The Morgan fingerprint density at radius 1 is 1.33 bits per heavy atom. The molecule has 0 saturated carbocycles. The predicted octanol–water partition coefficient (Wildman–Crippen LogP) is 3.83. The van der Waals surface area contributed by atoms with E-state index in [1.165, 1.54) is 0 Å². The van der Waals surface area contributed by atoms with Crippen LogP contribution in [0.2, 0.25) is 5.02 Å². The molecule has 3 aromatic rings. The van der Waals surface area contributed by atoms with Gasteiger partial charge in [0.2, 0.25) is 11.9 Å². The van der Waals surface area contributed by atoms with Crippen LogP contribution in [0.5, 0.6) is 0 Å². The third-order valence-electron chi connectivity index (χ3n) is 4.19. The fourth-order valence-corrected chi connectivity index (χ4v) is 3.18. The first kappa shape index (κ1) is 19.6. The minimum Gasteiger partial charge on any atom is -0.293 e. The van der Waals surface area contributed by atoms with Crippen LogP contribution < -0.4 is 5.32 Å². The number of carbonyl (C=O) groups excluding carboxylic acids is 1. The Labute approximate surface area is 170 Å². The van der Waals surface area contributed by atoms with Crippen LogP contribution in [-0.2, 0) is 17.9 Å². The van der Waals surface area contributed by atoms with Gasteiger partial charge in [0.15, 0.2) is 0 Å². The van der Waals surface area contributed by atoms with Crippen molar-refractivity contribution in [3.63, 3.8) is 0 Å². The van der Waals surface area contributed by atoms with Crippen LogP contribution in [0.3, 0.4) is 0 Å². The molecule has 1 aromatic carbocycles. The van der Waals surface area contributed by atoms with Crippen molar-refractivity contribution in [1.82, 2.24) is 24.5 Å². The Bertz CT molecular complexity index is 967. The molecule has 0 saturated heterocycles. The topological polar surface area (TPSA) is 77.6 Å². The second-order valence-electron chi connectivity index (χ2n) is 6.45. The molecule has 3 rings (SSSR count). The maximum Gasteiger partial charge on any atom is 0.248 e. The fraction of sp³-hybridized carbons (Fsp3) is 0.333. The lowest BCUT2D eigenvalue weighted by atomic mass is 10.1. The van der Waals surface area contributed by atoms with Gasteiger partial charge in [-0.15, -0.1) is 5.10 Å². The summed E-state index contributed by atoms with van der Waals surface area (Å²) >= 11 is 9.50. The van der Waals surface area contributed by atoms with E-state index in [0.29, 0.717) is 18.1 Å². The van der Waals surface area contributed by atoms with Gasteiger partial charge in [-0.05, 0) is 47.5 Å². The summed E-state index contributed by atoms with van der Waals surface area (Å²) in [4.78, 5) is 16.6. The molecule has 0 spiro atoms. The van der Waals surface area contributed by atoms with Gasteiger partial charge in [0.05, 0.1) is 29.2 Å². The number of benzene rings is 1. The highest BCUT2D eigenvalue weighted by molar-refractivity contribution is 9.10. The van der Waals surface area contributed by atoms with E-state index < -0.39 is 0 Å². The van der Waals surface area contributed by atoms with Crippen molar-refractivity contribution in [2.75, 3.05) is 5.32 Å². The number of halogens is 2. The summed E-state index contributed by atoms with van der Waals surface area (Å²) in [5.74, 6) is -0.155. The number of aryl methyl sites for hydroxylation is 1. The van der Waals surface area contributed by atoms with Crippen molar-refractivity contribution in [1.29, 1.82) is 0 Å². The number of amides is 1. The van der Waals surface area contributed by atoms with Gasteiger partial charge in [-0.25, -0.2) is 9.67 Å². The van der Waals surface area contributed by atoms with Crippen molar-refractivity contribution in [2.45, 2.75) is 33.9 Å². The van der Waals surface area contributed by atoms with Crippen LogP contribution in [-0.4, -0.2) is 30.5 Å². The Kier molecular flexibility index (Phi) is 5.96. The number of aromatic nitrogens is 5. The Morgan fingerprint density at radius 3 is 2.78 bits per heavy atom. The quantitative estimate of drug-likeness (QED) is 0.618. The molecule has 1 atom stereocenters. The molecule has 0 aliphatic rings. The fourth-order valence-electron chi connectivity index (χ4n) is 2.68. The first-order valence-electron chi connectivity index (χ1n) is 8.47. The van der Waals surface area contributed by atoms with Gasteiger partial charge in [-0.1, -0.05) is 30.7 Å². The molecule has 9 heteroatoms. The molecule has 1 N–H and O–H groups in total. The first-order valence-corrected chi connectivity index (χ1v) is 9.65. The normalized spacial score (nSPS) is 12.2. The number of rotatable bonds is 6. The molecular formula is C18H20BrClN6O. The summed E-state index contributed by atoms with van der Waals surface area (Å²) < 4.78 is 4.45. The van der Waals surface area contributed by atoms with Crippen LogP contribution >= 0.6 is 27.5 Å². The van der Waals surface area contributed by atoms with Gasteiger partial charge in [-0.2, -0.15) is 5.10 Å². The second-order valence-corrected chi connectivity index (χ2v) is 7.68. The molecule has 0 aliphatic heterocycles. The van der Waals surface area contributed by atoms with E-state index in [1.54, 1.807) is 11.0 Å². The van der Waals surface area contributed by atoms with Crippen LogP contribution in [0.25, 0.3) is 0 Å². The summed E-state index contributed by atoms with van der Waals surface area (Å²) in [6, 6.07) is 7.54. The SMILES string of the molecule is Cc1nn(CC(C)C(=O)Nc2ncn(Cc3cccc(Cl)c3)n2)c(C)c1Br. The zero-order valence-electron chi connectivity index (χ0n) is 15.3. The maximum absolute atomic E-state index is 12.5. The highest BCUT2D eigenvalue weighted by Crippen LogP contribution is 2.20. The molecule has 2 aromatic heterocycles. The van der Waals surface area contributed by atoms with Crippen molar-refractivity contribution < 1.29 is 4.79 Å². The predicted molar refractivity (Wildman–Crippen MR) is 108 cm³/mol. The van der Waals surface area contributed by atoms with Crippen molar-refractivity contribution in [3.05, 3.63) is 57.0 Å². The molecule has 0 bridgehead atoms. The Balaban J connectivity index is 1.60. The van der Waals surface area contributed by atoms with Crippen molar-refractivity contribution in [3.8, 4) is 0 Å². The van der Waals surface area contributed by atoms with Crippen LogP contribution in [0.4, 0.5) is 5.95 Å². The van der Waals surface area contributed by atoms with E-state index in [1.807, 2.05) is 49.7 Å². The molecular weight excluding hydrogens is 432 g/mol. The molecule has 0 aliphatic carbocycles. The smallest absolute Gasteiger partial charge is 0.248 e. The minimum absolute atomic E-state index is 0.154. The molecule has 7 nitrogen and oxygen atoms in total. The lowest BCUT2D eigenvalue weighted by molar-refractivity contribution is -0.119. The molecule has 1 amide bonds. The van der Waals surface area contributed by atoms with Crippen LogP contribution in [0.1, 0.15) is 23.9 Å². The van der Waals surface area contributed by atoms with Gasteiger partial charge in [0.1, 0.15) is 6.33 Å². The van der Waals surface area contributed by atoms with Gasteiger partial charge < -0.3 is 0 Å². The minimum atomic E-state index is -0.283. The van der Waals surface area contributed by atoms with E-state index in [9.17, 15) is 4.79 Å². The number of nitrogens with zero attached hydrogens (tertiary/aromatic N) is 5. The van der Waals surface area contributed by atoms with Crippen molar-refractivity contribution in [2.24, 2.45) is 5.92 Å². The third-order valence-corrected chi connectivity index (χ3v) is 5.58. The number of nitrogens with one attached hydrogen (secondary N) is 1. The zero-order valence-corrected chi connectivity index (χ0v) is 17.6. The Morgan fingerprint density at radius 2 is 2.11 bits per heavy atom. The van der Waals surface area contributed by atoms with E-state index in [2.05, 4.69) is 36.4 Å². The van der Waals surface area contributed by atoms with Gasteiger partial charge >= 0.3 is 0 Å². The summed E-state index contributed by atoms with van der Waals surface area (Å²) in [5.41, 5.74) is 2.91. The second kappa shape index (κ2) is 8.22. The number of carbonyl (C=O) groups is 1. The molecule has 0 radical (unpaired) electrons. The standard InChI is InChI=1S/C18H20BrClN6O/c1-11(8-26-13(3)16(19)12(2)23-26)17(27)22-18-21-10-25(24-18)9-14-5-4-6-15(20)7-14/h4-7,10-11H,8-9H2,1-3H3,(H,22,24,27). The summed E-state index contributed by atoms with van der Waals surface area (Å²) in [6.07, 6.45) is 1.58. The first-order chi connectivity index (χ1) is 12.8. The average molecular weight is 452 g/mol. The molecule has 1 unspecified atom stereocenters. The molecule has 0 fully saturated rings. The summed E-state index contributed by atoms with van der Waals surface area (Å²) in [6.45, 7) is 6.75. The lowest BCUT2D eigenvalue weighted by Gasteiger charge is -2.12. The molecule has 2 heterocycles. The third kappa shape index (κ3) is 4.75. The van der Waals surface area contributed by atoms with E-state index >= 15 is 0 Å². The summed E-state index contributed by atoms with van der Waals surface area (Å²) in [5, 5.41) is 12.2. The lowest BCUT2D eigenvalue weighted by Crippen LogP contribution is -2.26. The summed E-state index contributed by atoms with van der Waals surface area (Å²) in [7, 11) is 0. The monoisotopic (exact) mass is 450 g/mol. The molecule has 142 valence electrons. The van der Waals surface area contributed by atoms with Crippen molar-refractivity contribution >= 4 is 39.4 Å². The van der Waals surface area contributed by atoms with Gasteiger partial charge in [-0.3, -0.25) is 14.8 Å². The largest absolute Gasteiger partial charge is 0.293 e. The van der Waals surface area contributed by atoms with Crippen LogP contribution in [0, 0.1) is 19.8 Å². The zero-order chi connectivity index (χ0) is 19.6. The molecule has 27 heavy (non-hydrogen) atoms. The van der Waals surface area contributed by atoms with E-state index in [0.717, 1.165) is 21.4 Å². The highest BCUT2D eigenvalue weighted by atomic mass is 79.9. The Hall–Kier alpha value is -2.19. The number of hydrogen-bond donors (Lipinski definition) is 1. The maximum atomic E-state index is 12.5. The van der Waals surface area contributed by atoms with Gasteiger partial charge in [0, 0.05) is 10.7 Å². The average Bonchev–Trinajstić information content (AvgIpc) is 3.15. The number of anilines is 1. The highest BCUT2D eigenvalue weighted by Gasteiger charge is 2.18.